The van der Waals surface area contributed by atoms with Crippen LogP contribution in [0, 0.1) is 5.82 Å². The number of aromatic carboxylic acids is 1. The van der Waals surface area contributed by atoms with Crippen LogP contribution in [0.5, 0.6) is 0 Å². The summed E-state index contributed by atoms with van der Waals surface area (Å²) in [6.45, 7) is 0. The molecular formula is C8H6F3NO2. The Morgan fingerprint density at radius 2 is 2.00 bits per heavy atom. The first-order valence-electron chi connectivity index (χ1n) is 3.54. The van der Waals surface area contributed by atoms with Crippen LogP contribution >= 0.6 is 0 Å². The van der Waals surface area contributed by atoms with Crippen LogP contribution in [-0.4, -0.2) is 11.1 Å². The van der Waals surface area contributed by atoms with Gasteiger partial charge in [0.05, 0.1) is 11.1 Å². The minimum absolute atomic E-state index is 0.209. The molecule has 14 heavy (non-hydrogen) atoms. The lowest BCUT2D eigenvalue weighted by Crippen LogP contribution is -2.06. The van der Waals surface area contributed by atoms with E-state index in [1.165, 1.54) is 0 Å². The molecular weight excluding hydrogens is 199 g/mol. The Bertz CT molecular complexity index is 379. The van der Waals surface area contributed by atoms with Crippen LogP contribution < -0.4 is 5.73 Å². The zero-order chi connectivity index (χ0) is 10.9. The van der Waals surface area contributed by atoms with Gasteiger partial charge in [-0.15, -0.1) is 0 Å². The fraction of sp³-hybridized carbons (Fsp3) is 0.125. The number of rotatable bonds is 2. The first-order valence-corrected chi connectivity index (χ1v) is 3.54. The summed E-state index contributed by atoms with van der Waals surface area (Å²) in [6.07, 6.45) is -3.09. The molecule has 0 radical (unpaired) electrons. The van der Waals surface area contributed by atoms with Gasteiger partial charge >= 0.3 is 5.97 Å². The summed E-state index contributed by atoms with van der Waals surface area (Å²) in [5.74, 6) is -3.07. The van der Waals surface area contributed by atoms with Crippen molar-refractivity contribution in [2.24, 2.45) is 0 Å². The van der Waals surface area contributed by atoms with E-state index in [4.69, 9.17) is 10.8 Å². The standard InChI is InChI=1S/C8H6F3NO2/c9-6-4(7(10)11)1-3(12)2-5(6)8(13)14/h1-2,7H,12H2,(H,13,14). The van der Waals surface area contributed by atoms with Crippen molar-refractivity contribution in [3.05, 3.63) is 29.1 Å². The second-order valence-electron chi connectivity index (χ2n) is 2.58. The lowest BCUT2D eigenvalue weighted by Gasteiger charge is -2.06. The van der Waals surface area contributed by atoms with Gasteiger partial charge in [-0.05, 0) is 12.1 Å². The molecule has 0 fully saturated rings. The zero-order valence-electron chi connectivity index (χ0n) is 6.80. The predicted octanol–water partition coefficient (Wildman–Crippen LogP) is 2.04. The first kappa shape index (κ1) is 10.4. The maximum absolute atomic E-state index is 13.0. The highest BCUT2D eigenvalue weighted by Gasteiger charge is 2.20. The largest absolute Gasteiger partial charge is 0.478 e. The highest BCUT2D eigenvalue weighted by atomic mass is 19.3. The molecule has 0 aromatic heterocycles. The molecule has 76 valence electrons. The van der Waals surface area contributed by atoms with Crippen molar-refractivity contribution in [1.29, 1.82) is 0 Å². The number of carboxylic acids is 1. The average molecular weight is 205 g/mol. The number of hydrogen-bond acceptors (Lipinski definition) is 2. The third-order valence-corrected chi connectivity index (χ3v) is 1.59. The summed E-state index contributed by atoms with van der Waals surface area (Å²) in [6, 6.07) is 1.51. The molecule has 0 aliphatic heterocycles. The summed E-state index contributed by atoms with van der Waals surface area (Å²) in [5.41, 5.74) is 3.09. The number of hydrogen-bond donors (Lipinski definition) is 2. The molecule has 3 N–H and O–H groups in total. The molecule has 0 saturated carbocycles. The van der Waals surface area contributed by atoms with Crippen molar-refractivity contribution in [1.82, 2.24) is 0 Å². The summed E-state index contributed by atoms with van der Waals surface area (Å²) >= 11 is 0. The molecule has 0 amide bonds. The lowest BCUT2D eigenvalue weighted by atomic mass is 10.1. The number of nitrogen functional groups attached to an aromatic ring is 1. The molecule has 1 aromatic rings. The molecule has 0 heterocycles. The number of anilines is 1. The maximum Gasteiger partial charge on any atom is 0.338 e. The van der Waals surface area contributed by atoms with Gasteiger partial charge in [-0.3, -0.25) is 0 Å². The number of halogens is 3. The fourth-order valence-electron chi connectivity index (χ4n) is 0.985. The molecule has 1 rings (SSSR count). The van der Waals surface area contributed by atoms with Gasteiger partial charge in [-0.1, -0.05) is 0 Å². The minimum atomic E-state index is -3.09. The Morgan fingerprint density at radius 1 is 1.43 bits per heavy atom. The Morgan fingerprint density at radius 3 is 2.43 bits per heavy atom. The molecule has 0 aliphatic carbocycles. The summed E-state index contributed by atoms with van der Waals surface area (Å²) in [5, 5.41) is 8.46. The van der Waals surface area contributed by atoms with E-state index < -0.39 is 29.3 Å². The van der Waals surface area contributed by atoms with Crippen LogP contribution in [0.2, 0.25) is 0 Å². The molecule has 3 nitrogen and oxygen atoms in total. The molecule has 0 aliphatic rings. The smallest absolute Gasteiger partial charge is 0.338 e. The summed E-state index contributed by atoms with van der Waals surface area (Å²) < 4.78 is 37.4. The number of benzene rings is 1. The molecule has 0 bridgehead atoms. The maximum atomic E-state index is 13.0. The van der Waals surface area contributed by atoms with Crippen LogP contribution in [0.25, 0.3) is 0 Å². The third kappa shape index (κ3) is 1.78. The van der Waals surface area contributed by atoms with Gasteiger partial charge in [0.15, 0.2) is 0 Å². The van der Waals surface area contributed by atoms with Crippen LogP contribution in [0.15, 0.2) is 12.1 Å². The van der Waals surface area contributed by atoms with E-state index in [-0.39, 0.29) is 5.69 Å². The van der Waals surface area contributed by atoms with Gasteiger partial charge in [0.25, 0.3) is 6.43 Å². The number of carboxylic acid groups (broad SMARTS) is 1. The average Bonchev–Trinajstić information content (AvgIpc) is 2.07. The van der Waals surface area contributed by atoms with Crippen molar-refractivity contribution in [3.8, 4) is 0 Å². The highest BCUT2D eigenvalue weighted by Crippen LogP contribution is 2.26. The number of alkyl halides is 2. The minimum Gasteiger partial charge on any atom is -0.478 e. The summed E-state index contributed by atoms with van der Waals surface area (Å²) in [4.78, 5) is 10.4. The van der Waals surface area contributed by atoms with Gasteiger partial charge in [-0.25, -0.2) is 18.0 Å². The third-order valence-electron chi connectivity index (χ3n) is 1.59. The van der Waals surface area contributed by atoms with Crippen molar-refractivity contribution >= 4 is 11.7 Å². The molecule has 0 spiro atoms. The Balaban J connectivity index is 3.40. The fourth-order valence-corrected chi connectivity index (χ4v) is 0.985. The van der Waals surface area contributed by atoms with Gasteiger partial charge < -0.3 is 10.8 Å². The SMILES string of the molecule is Nc1cc(C(=O)O)c(F)c(C(F)F)c1. The van der Waals surface area contributed by atoms with Crippen molar-refractivity contribution in [3.63, 3.8) is 0 Å². The highest BCUT2D eigenvalue weighted by molar-refractivity contribution is 5.89. The van der Waals surface area contributed by atoms with Crippen molar-refractivity contribution < 1.29 is 23.1 Å². The monoisotopic (exact) mass is 205 g/mol. The quantitative estimate of drug-likeness (QED) is 0.726. The van der Waals surface area contributed by atoms with E-state index in [0.717, 1.165) is 6.07 Å². The topological polar surface area (TPSA) is 63.3 Å². The Labute approximate surface area is 77.0 Å². The summed E-state index contributed by atoms with van der Waals surface area (Å²) in [7, 11) is 0. The second kappa shape index (κ2) is 3.57. The van der Waals surface area contributed by atoms with Crippen molar-refractivity contribution in [2.75, 3.05) is 5.73 Å². The Kier molecular flexibility index (Phi) is 2.64. The number of nitrogens with two attached hydrogens (primary N) is 1. The Hall–Kier alpha value is -1.72. The van der Waals surface area contributed by atoms with Crippen LogP contribution in [0.4, 0.5) is 18.9 Å². The van der Waals surface area contributed by atoms with Crippen molar-refractivity contribution in [2.45, 2.75) is 6.43 Å². The van der Waals surface area contributed by atoms with E-state index in [9.17, 15) is 18.0 Å². The van der Waals surface area contributed by atoms with E-state index in [1.807, 2.05) is 0 Å². The normalized spacial score (nSPS) is 10.6. The van der Waals surface area contributed by atoms with Crippen LogP contribution in [0.1, 0.15) is 22.3 Å². The zero-order valence-corrected chi connectivity index (χ0v) is 6.80. The lowest BCUT2D eigenvalue weighted by molar-refractivity contribution is 0.0690. The van der Waals surface area contributed by atoms with E-state index in [0.29, 0.717) is 6.07 Å². The van der Waals surface area contributed by atoms with Crippen LogP contribution in [0.3, 0.4) is 0 Å². The number of carbonyl (C=O) groups is 1. The van der Waals surface area contributed by atoms with Crippen LogP contribution in [-0.2, 0) is 0 Å². The van der Waals surface area contributed by atoms with Gasteiger partial charge in [0.2, 0.25) is 0 Å². The van der Waals surface area contributed by atoms with Gasteiger partial charge in [0, 0.05) is 5.69 Å². The van der Waals surface area contributed by atoms with E-state index in [1.54, 1.807) is 0 Å². The van der Waals surface area contributed by atoms with Gasteiger partial charge in [0.1, 0.15) is 5.82 Å². The first-order chi connectivity index (χ1) is 6.43. The molecule has 6 heteroatoms. The molecule has 0 atom stereocenters. The molecule has 0 saturated heterocycles. The second-order valence-corrected chi connectivity index (χ2v) is 2.58. The predicted molar refractivity (Wildman–Crippen MR) is 42.7 cm³/mol. The van der Waals surface area contributed by atoms with E-state index >= 15 is 0 Å². The molecule has 0 unspecified atom stereocenters. The van der Waals surface area contributed by atoms with Gasteiger partial charge in [-0.2, -0.15) is 0 Å². The molecule has 1 aromatic carbocycles. The van der Waals surface area contributed by atoms with E-state index in [2.05, 4.69) is 0 Å².